The fourth-order valence-corrected chi connectivity index (χ4v) is 9.09. The lowest BCUT2D eigenvalue weighted by Gasteiger charge is -2.74. The SMILES string of the molecule is CCCC(C)(O)C1CC23CCC1(OC)C1Oc4c(O)ccc5c4[C@@]12CCN(C)[C@@H]3C5. The number of aromatic hydroxyl groups is 1. The summed E-state index contributed by atoms with van der Waals surface area (Å²) in [4.78, 5) is 2.56. The Morgan fingerprint density at radius 2 is 2.10 bits per heavy atom. The number of rotatable bonds is 4. The number of methoxy groups -OCH3 is 1. The van der Waals surface area contributed by atoms with Gasteiger partial charge in [0.1, 0.15) is 11.7 Å². The van der Waals surface area contributed by atoms with Gasteiger partial charge >= 0.3 is 0 Å². The molecule has 30 heavy (non-hydrogen) atoms. The van der Waals surface area contributed by atoms with E-state index in [9.17, 15) is 10.2 Å². The van der Waals surface area contributed by atoms with Gasteiger partial charge < -0.3 is 24.6 Å². The Morgan fingerprint density at radius 1 is 1.30 bits per heavy atom. The van der Waals surface area contributed by atoms with Crippen LogP contribution in [-0.2, 0) is 16.6 Å². The highest BCUT2D eigenvalue weighted by atomic mass is 16.6. The first-order valence-electron chi connectivity index (χ1n) is 11.8. The Bertz CT molecular complexity index is 915. The van der Waals surface area contributed by atoms with Gasteiger partial charge in [-0.3, -0.25) is 0 Å². The minimum Gasteiger partial charge on any atom is -0.504 e. The van der Waals surface area contributed by atoms with E-state index >= 15 is 0 Å². The molecule has 7 rings (SSSR count). The number of likely N-dealkylation sites (tertiary alicyclic amines) is 1. The van der Waals surface area contributed by atoms with Gasteiger partial charge in [0.15, 0.2) is 11.5 Å². The van der Waals surface area contributed by atoms with Crippen LogP contribution in [0.3, 0.4) is 0 Å². The van der Waals surface area contributed by atoms with Crippen molar-refractivity contribution >= 4 is 0 Å². The molecule has 1 aromatic carbocycles. The summed E-state index contributed by atoms with van der Waals surface area (Å²) in [7, 11) is 4.09. The molecule has 2 heterocycles. The number of hydrogen-bond donors (Lipinski definition) is 2. The molecule has 6 aliphatic rings. The van der Waals surface area contributed by atoms with Gasteiger partial charge in [0.2, 0.25) is 0 Å². The van der Waals surface area contributed by atoms with Crippen LogP contribution in [0.5, 0.6) is 11.5 Å². The van der Waals surface area contributed by atoms with E-state index < -0.39 is 11.2 Å². The maximum Gasteiger partial charge on any atom is 0.165 e. The molecule has 2 spiro atoms. The number of benzene rings is 1. The molecule has 0 aromatic heterocycles. The number of piperidine rings is 1. The monoisotopic (exact) mass is 413 g/mol. The van der Waals surface area contributed by atoms with E-state index in [1.54, 1.807) is 0 Å². The third-order valence-electron chi connectivity index (χ3n) is 10.1. The van der Waals surface area contributed by atoms with Crippen LogP contribution in [0.25, 0.3) is 0 Å². The number of phenols is 1. The van der Waals surface area contributed by atoms with Crippen LogP contribution >= 0.6 is 0 Å². The quantitative estimate of drug-likeness (QED) is 0.792. The maximum absolute atomic E-state index is 11.7. The molecule has 5 unspecified atom stereocenters. The second-order valence-electron chi connectivity index (χ2n) is 11.0. The van der Waals surface area contributed by atoms with E-state index in [0.29, 0.717) is 11.8 Å². The van der Waals surface area contributed by atoms with Gasteiger partial charge in [0.25, 0.3) is 0 Å². The molecule has 0 radical (unpaired) electrons. The Kier molecular flexibility index (Phi) is 3.70. The van der Waals surface area contributed by atoms with Crippen LogP contribution in [0.4, 0.5) is 0 Å². The van der Waals surface area contributed by atoms with Gasteiger partial charge in [-0.2, -0.15) is 0 Å². The lowest BCUT2D eigenvalue weighted by Crippen LogP contribution is -2.82. The number of aliphatic hydroxyl groups is 1. The molecule has 1 saturated heterocycles. The van der Waals surface area contributed by atoms with Crippen molar-refractivity contribution in [1.82, 2.24) is 4.90 Å². The smallest absolute Gasteiger partial charge is 0.165 e. The largest absolute Gasteiger partial charge is 0.504 e. The molecular weight excluding hydrogens is 378 g/mol. The molecule has 3 saturated carbocycles. The van der Waals surface area contributed by atoms with Gasteiger partial charge in [-0.05, 0) is 70.7 Å². The maximum atomic E-state index is 11.7. The highest BCUT2D eigenvalue weighted by Gasteiger charge is 2.81. The molecule has 0 amide bonds. The Morgan fingerprint density at radius 3 is 2.83 bits per heavy atom. The zero-order chi connectivity index (χ0) is 21.1. The van der Waals surface area contributed by atoms with E-state index in [4.69, 9.17) is 9.47 Å². The molecule has 2 aliphatic heterocycles. The minimum atomic E-state index is -0.798. The van der Waals surface area contributed by atoms with Crippen LogP contribution in [0.2, 0.25) is 0 Å². The van der Waals surface area contributed by atoms with Gasteiger partial charge in [-0.15, -0.1) is 0 Å². The second-order valence-corrected chi connectivity index (χ2v) is 11.0. The Balaban J connectivity index is 1.64. The Labute approximate surface area is 179 Å². The van der Waals surface area contributed by atoms with Crippen molar-refractivity contribution in [1.29, 1.82) is 0 Å². The Hall–Kier alpha value is -1.30. The van der Waals surface area contributed by atoms with Crippen molar-refractivity contribution in [3.8, 4) is 11.5 Å². The van der Waals surface area contributed by atoms with Crippen LogP contribution in [0, 0.1) is 11.3 Å². The standard InChI is InChI=1S/C25H35NO4/c1-5-8-22(2,28)17-14-23-9-10-25(17,29-4)21-24(23)11-12-26(3)18(23)13-15-6-7-16(27)20(30-21)19(15)24/h6-7,17-18,21,27-28H,5,8-14H2,1-4H3/t17?,18-,21?,22?,23?,24+,25?/m1/s1. The highest BCUT2D eigenvalue weighted by molar-refractivity contribution is 5.63. The van der Waals surface area contributed by atoms with Gasteiger partial charge in [-0.25, -0.2) is 0 Å². The van der Waals surface area contributed by atoms with Crippen molar-refractivity contribution in [3.63, 3.8) is 0 Å². The summed E-state index contributed by atoms with van der Waals surface area (Å²) >= 11 is 0. The summed E-state index contributed by atoms with van der Waals surface area (Å²) < 4.78 is 13.2. The zero-order valence-electron chi connectivity index (χ0n) is 18.7. The van der Waals surface area contributed by atoms with Crippen LogP contribution in [-0.4, -0.2) is 59.2 Å². The number of likely N-dealkylation sites (N-methyl/N-ethyl adjacent to an activating group) is 1. The number of ether oxygens (including phenoxy) is 2. The molecule has 5 heteroatoms. The van der Waals surface area contributed by atoms with Crippen LogP contribution < -0.4 is 4.74 Å². The van der Waals surface area contributed by atoms with Crippen molar-refractivity contribution in [2.75, 3.05) is 20.7 Å². The third-order valence-corrected chi connectivity index (χ3v) is 10.1. The molecule has 1 aromatic rings. The first-order chi connectivity index (χ1) is 14.3. The summed E-state index contributed by atoms with van der Waals surface area (Å²) in [6.45, 7) is 5.19. The van der Waals surface area contributed by atoms with E-state index in [2.05, 4.69) is 24.9 Å². The lowest BCUT2D eigenvalue weighted by atomic mass is 9.33. The second kappa shape index (κ2) is 5.73. The molecule has 2 N–H and O–H groups in total. The van der Waals surface area contributed by atoms with E-state index in [-0.39, 0.29) is 28.6 Å². The molecule has 4 bridgehead atoms. The van der Waals surface area contributed by atoms with E-state index in [1.807, 2.05) is 20.1 Å². The fourth-order valence-electron chi connectivity index (χ4n) is 9.09. The van der Waals surface area contributed by atoms with E-state index in [0.717, 1.165) is 51.5 Å². The molecule has 5 nitrogen and oxygen atoms in total. The highest BCUT2D eigenvalue weighted by Crippen LogP contribution is 2.77. The van der Waals surface area contributed by atoms with Crippen LogP contribution in [0.15, 0.2) is 12.1 Å². The summed E-state index contributed by atoms with van der Waals surface area (Å²) in [5.74, 6) is 0.977. The van der Waals surface area contributed by atoms with Gasteiger partial charge in [0.05, 0.1) is 5.60 Å². The number of phenolic OH excluding ortho intramolecular Hbond substituents is 1. The molecule has 164 valence electrons. The third kappa shape index (κ3) is 1.85. The van der Waals surface area contributed by atoms with Gasteiger partial charge in [-0.1, -0.05) is 19.4 Å². The summed E-state index contributed by atoms with van der Waals surface area (Å²) in [6, 6.07) is 4.37. The van der Waals surface area contributed by atoms with Crippen molar-refractivity contribution in [2.45, 2.75) is 87.6 Å². The number of nitrogens with zero attached hydrogens (tertiary/aromatic N) is 1. The van der Waals surface area contributed by atoms with Crippen molar-refractivity contribution in [2.24, 2.45) is 11.3 Å². The summed E-state index contributed by atoms with van der Waals surface area (Å²) in [6.07, 6.45) is 6.57. The lowest BCUT2D eigenvalue weighted by molar-refractivity contribution is -0.301. The van der Waals surface area contributed by atoms with Crippen LogP contribution in [0.1, 0.15) is 63.5 Å². The predicted molar refractivity (Wildman–Crippen MR) is 114 cm³/mol. The topological polar surface area (TPSA) is 62.2 Å². The number of fused-ring (bicyclic) bond motifs is 2. The minimum absolute atomic E-state index is 0.0221. The first-order valence-corrected chi connectivity index (χ1v) is 11.8. The molecule has 4 fully saturated rings. The first kappa shape index (κ1) is 19.4. The average Bonchev–Trinajstić information content (AvgIpc) is 3.09. The molecule has 7 atom stereocenters. The predicted octanol–water partition coefficient (Wildman–Crippen LogP) is 3.39. The zero-order valence-corrected chi connectivity index (χ0v) is 18.7. The van der Waals surface area contributed by atoms with Gasteiger partial charge in [0, 0.05) is 35.5 Å². The fraction of sp³-hybridized carbons (Fsp3) is 0.760. The van der Waals surface area contributed by atoms with Crippen molar-refractivity contribution < 1.29 is 19.7 Å². The molecular formula is C25H35NO4. The summed E-state index contributed by atoms with van der Waals surface area (Å²) in [5.41, 5.74) is 1.21. The van der Waals surface area contributed by atoms with E-state index in [1.165, 1.54) is 11.1 Å². The normalized spacial score (nSPS) is 45.0. The molecule has 4 aliphatic carbocycles. The number of hydrogen-bond acceptors (Lipinski definition) is 5. The van der Waals surface area contributed by atoms with Crippen molar-refractivity contribution in [3.05, 3.63) is 23.3 Å². The average molecular weight is 414 g/mol. The summed E-state index contributed by atoms with van der Waals surface area (Å²) in [5, 5.41) is 22.5.